The quantitative estimate of drug-likeness (QED) is 0.384. The Hall–Kier alpha value is -0.0909. The van der Waals surface area contributed by atoms with Crippen LogP contribution in [0.4, 0.5) is 0 Å². The molecule has 1 saturated carbocycles. The number of hydrogen-bond acceptors (Lipinski definition) is 0. The monoisotopic (exact) mass is 46.0 g/mol. The maximum atomic E-state index is 1.50. The summed E-state index contributed by atoms with van der Waals surface area (Å²) in [5.41, 5.74) is 0. The zero-order valence-corrected chi connectivity index (χ0v) is 2.83. The van der Waals surface area contributed by atoms with Crippen LogP contribution in [0.2, 0.25) is 0 Å². The predicted molar refractivity (Wildman–Crippen MR) is 13.9 cm³/mol. The summed E-state index contributed by atoms with van der Waals surface area (Å²) in [6.45, 7) is 0. The van der Waals surface area contributed by atoms with Crippen LogP contribution in [-0.2, 0) is 0 Å². The number of rotatable bonds is 0. The van der Waals surface area contributed by atoms with Gasteiger partial charge in [0.15, 0.2) is 0 Å². The van der Waals surface area contributed by atoms with E-state index in [1.165, 1.54) is 19.3 Å². The van der Waals surface area contributed by atoms with Gasteiger partial charge in [0.2, 0.25) is 0 Å². The predicted octanol–water partition coefficient (Wildman–Crippen LogP) is 1.17. The zero-order valence-electron chi connectivity index (χ0n) is 2.83. The maximum absolute atomic E-state index is 1.50. The fourth-order valence-electron chi connectivity index (χ4n) is 0. The third kappa shape index (κ3) is 1.91. The van der Waals surface area contributed by atoms with E-state index in [0.29, 0.717) is 0 Å². The normalized spacial score (nSPS) is 18.0. The molecule has 0 aromatic heterocycles. The van der Waals surface area contributed by atoms with E-state index < -0.39 is 0 Å². The van der Waals surface area contributed by atoms with Crippen LogP contribution < -0.4 is 0 Å². The molecule has 1 fully saturated rings. The van der Waals surface area contributed by atoms with E-state index in [2.05, 4.69) is 0 Å². The molecule has 0 nitrogen and oxygen atoms in total. The third-order valence-corrected chi connectivity index (χ3v) is 0.354. The van der Waals surface area contributed by atoms with Crippen molar-refractivity contribution in [2.75, 3.05) is 0 Å². The largest absolute Gasteiger partial charge is 0.0533 e. The third-order valence-electron chi connectivity index (χ3n) is 0.354. The Morgan fingerprint density at radius 1 is 0.750 bits per heavy atom. The Morgan fingerprint density at radius 3 is 1.00 bits per heavy atom. The van der Waals surface area contributed by atoms with Gasteiger partial charge in [0, 0.05) is 6.15 Å². The summed E-state index contributed by atoms with van der Waals surface area (Å²) in [4.78, 5) is 0. The minimum atomic E-state index is 0. The van der Waals surface area contributed by atoms with E-state index in [0.717, 1.165) is 0 Å². The van der Waals surface area contributed by atoms with Crippen LogP contribution in [0.1, 0.15) is 19.3 Å². The van der Waals surface area contributed by atoms with E-state index >= 15 is 0 Å². The summed E-state index contributed by atoms with van der Waals surface area (Å²) < 4.78 is 0. The van der Waals surface area contributed by atoms with Gasteiger partial charge in [-0.2, -0.15) is 0 Å². The fraction of sp³-hybridized carbons (Fsp3) is 1.00. The fourth-order valence-corrected chi connectivity index (χ4v) is 0. The molecule has 0 radical (unpaired) electrons. The molecule has 0 unspecified atom stereocenters. The van der Waals surface area contributed by atoms with Crippen LogP contribution in [-0.4, -0.2) is 0 Å². The summed E-state index contributed by atoms with van der Waals surface area (Å²) in [6.07, 6.45) is 4.50. The van der Waals surface area contributed by atoms with Gasteiger partial charge in [-0.3, -0.25) is 0 Å². The van der Waals surface area contributed by atoms with Crippen molar-refractivity contribution in [2.45, 2.75) is 19.3 Å². The standard InChI is InChI=1S/C3H6.He/c1-2-3-1;/h1-3H2;. The van der Waals surface area contributed by atoms with Crippen molar-refractivity contribution in [3.8, 4) is 0 Å². The average Bonchev–Trinajstić information content (AvgIpc) is 1.46. The molecule has 0 atom stereocenters. The smallest absolute Gasteiger partial charge is 0 e. The average molecular weight is 46.1 g/mol. The Bertz CT molecular complexity index is 8.00. The van der Waals surface area contributed by atoms with Crippen molar-refractivity contribution in [1.29, 1.82) is 0 Å². The molecule has 4 heavy (non-hydrogen) atoms. The second-order valence-corrected chi connectivity index (χ2v) is 1.06. The second kappa shape index (κ2) is 1.25. The molecule has 0 amide bonds. The molecular formula is C3H6He. The molecular weight excluding hydrogens is 40.0 g/mol. The summed E-state index contributed by atoms with van der Waals surface area (Å²) in [6, 6.07) is 0. The van der Waals surface area contributed by atoms with Gasteiger partial charge in [-0.1, -0.05) is 19.3 Å². The molecule has 20 valence electrons. The zero-order chi connectivity index (χ0) is 2.12. The molecule has 0 aromatic carbocycles. The van der Waals surface area contributed by atoms with Crippen LogP contribution in [0.25, 0.3) is 0 Å². The molecule has 1 heteroatoms. The van der Waals surface area contributed by atoms with Crippen LogP contribution in [0.5, 0.6) is 0 Å². The topological polar surface area (TPSA) is 0 Å². The van der Waals surface area contributed by atoms with Crippen LogP contribution in [0.15, 0.2) is 0 Å². The van der Waals surface area contributed by atoms with E-state index in [1.54, 1.807) is 0 Å². The molecule has 0 saturated heterocycles. The minimum Gasteiger partial charge on any atom is -0.0533 e. The Balaban J connectivity index is 0.0000000900. The molecule has 0 aromatic rings. The summed E-state index contributed by atoms with van der Waals surface area (Å²) >= 11 is 0. The Morgan fingerprint density at radius 2 is 1.00 bits per heavy atom. The Kier molecular flexibility index (Phi) is 1.22. The van der Waals surface area contributed by atoms with Crippen LogP contribution in [0.3, 0.4) is 0 Å². The van der Waals surface area contributed by atoms with E-state index in [1.807, 2.05) is 0 Å². The van der Waals surface area contributed by atoms with Gasteiger partial charge in [0.25, 0.3) is 0 Å². The maximum Gasteiger partial charge on any atom is 0 e. The Labute approximate surface area is 26.6 Å². The molecule has 1 aliphatic carbocycles. The van der Waals surface area contributed by atoms with Crippen molar-refractivity contribution >= 4 is 0 Å². The van der Waals surface area contributed by atoms with E-state index in [4.69, 9.17) is 0 Å². The number of hydrogen-bond donors (Lipinski definition) is 0. The van der Waals surface area contributed by atoms with Gasteiger partial charge in [0.05, 0.1) is 0 Å². The molecule has 1 rings (SSSR count). The van der Waals surface area contributed by atoms with Gasteiger partial charge in [-0.25, -0.2) is 0 Å². The SMILES string of the molecule is C1CC1.[He]. The molecule has 0 spiro atoms. The van der Waals surface area contributed by atoms with Crippen molar-refractivity contribution < 1.29 is 6.15 Å². The van der Waals surface area contributed by atoms with E-state index in [-0.39, 0.29) is 6.15 Å². The van der Waals surface area contributed by atoms with E-state index in [9.17, 15) is 0 Å². The molecule has 1 aliphatic rings. The van der Waals surface area contributed by atoms with Crippen molar-refractivity contribution in [3.05, 3.63) is 0 Å². The van der Waals surface area contributed by atoms with Crippen molar-refractivity contribution in [3.63, 3.8) is 0 Å². The van der Waals surface area contributed by atoms with Gasteiger partial charge in [-0.15, -0.1) is 0 Å². The molecule has 0 aliphatic heterocycles. The first-order valence-corrected chi connectivity index (χ1v) is 1.50. The molecule has 0 N–H and O–H groups in total. The van der Waals surface area contributed by atoms with Crippen molar-refractivity contribution in [1.82, 2.24) is 0 Å². The summed E-state index contributed by atoms with van der Waals surface area (Å²) in [5, 5.41) is 0. The van der Waals surface area contributed by atoms with Gasteiger partial charge in [0.1, 0.15) is 0 Å². The van der Waals surface area contributed by atoms with Crippen molar-refractivity contribution in [2.24, 2.45) is 0 Å². The molecule has 0 heterocycles. The van der Waals surface area contributed by atoms with Gasteiger partial charge < -0.3 is 0 Å². The first-order valence-electron chi connectivity index (χ1n) is 1.50. The second-order valence-electron chi connectivity index (χ2n) is 1.06. The van der Waals surface area contributed by atoms with Gasteiger partial charge in [-0.05, 0) is 0 Å². The van der Waals surface area contributed by atoms with Gasteiger partial charge >= 0.3 is 0 Å². The summed E-state index contributed by atoms with van der Waals surface area (Å²) in [5.74, 6) is 0. The van der Waals surface area contributed by atoms with Crippen LogP contribution >= 0.6 is 0 Å². The first kappa shape index (κ1) is 3.91. The first-order chi connectivity index (χ1) is 1.50. The molecule has 0 bridgehead atoms. The van der Waals surface area contributed by atoms with Crippen LogP contribution in [0, 0.1) is 6.15 Å². The summed E-state index contributed by atoms with van der Waals surface area (Å²) in [7, 11) is 0. The minimum absolute atomic E-state index is 0.